The molecule has 24 heavy (non-hydrogen) atoms. The van der Waals surface area contributed by atoms with Gasteiger partial charge in [0.2, 0.25) is 5.82 Å². The van der Waals surface area contributed by atoms with Crippen molar-refractivity contribution in [2.75, 3.05) is 39.2 Å². The van der Waals surface area contributed by atoms with Crippen LogP contribution in [0.4, 0.5) is 8.78 Å². The van der Waals surface area contributed by atoms with Gasteiger partial charge in [0.25, 0.3) is 0 Å². The van der Waals surface area contributed by atoms with E-state index in [0.29, 0.717) is 30.9 Å². The number of aliphatic imine (C=N–C) groups is 1. The van der Waals surface area contributed by atoms with E-state index >= 15 is 0 Å². The van der Waals surface area contributed by atoms with Crippen molar-refractivity contribution in [3.05, 3.63) is 34.7 Å². The van der Waals surface area contributed by atoms with Crippen LogP contribution in [0.1, 0.15) is 5.56 Å². The summed E-state index contributed by atoms with van der Waals surface area (Å²) in [5, 5.41) is 4.63. The Balaban J connectivity index is 2.79. The zero-order chi connectivity index (χ0) is 17.8. The first kappa shape index (κ1) is 20.3. The van der Waals surface area contributed by atoms with Crippen LogP contribution in [0, 0.1) is 11.6 Å². The lowest BCUT2D eigenvalue weighted by atomic mass is 10.1. The molecule has 0 spiro atoms. The lowest BCUT2D eigenvalue weighted by Crippen LogP contribution is -2.14. The molecule has 0 aliphatic heterocycles. The number of nitrogens with zero attached hydrogens (tertiary/aromatic N) is 1. The van der Waals surface area contributed by atoms with E-state index < -0.39 is 11.6 Å². The Morgan fingerprint density at radius 3 is 2.88 bits per heavy atom. The highest BCUT2D eigenvalue weighted by atomic mass is 32.2. The Hall–Kier alpha value is -1.77. The average molecular weight is 358 g/mol. The molecule has 0 saturated carbocycles. The molecule has 0 heterocycles. The first-order valence-electron chi connectivity index (χ1n) is 7.21. The van der Waals surface area contributed by atoms with Gasteiger partial charge >= 0.3 is 0 Å². The fraction of sp³-hybridized carbons (Fsp3) is 0.375. The molecular formula is C16H20F2N2O3S. The van der Waals surface area contributed by atoms with Gasteiger partial charge in [-0.3, -0.25) is 9.79 Å². The van der Waals surface area contributed by atoms with E-state index in [-0.39, 0.29) is 17.9 Å². The van der Waals surface area contributed by atoms with Crippen LogP contribution in [-0.4, -0.2) is 52.2 Å². The maximum Gasteiger partial charge on any atom is 0.201 e. The smallest absolute Gasteiger partial charge is 0.201 e. The molecule has 0 bridgehead atoms. The molecule has 0 atom stereocenters. The van der Waals surface area contributed by atoms with Gasteiger partial charge in [-0.1, -0.05) is 0 Å². The van der Waals surface area contributed by atoms with Crippen LogP contribution in [-0.2, 0) is 9.53 Å². The minimum absolute atomic E-state index is 0.231. The van der Waals surface area contributed by atoms with E-state index in [1.165, 1.54) is 17.8 Å². The first-order valence-corrected chi connectivity index (χ1v) is 8.26. The molecular weight excluding hydrogens is 338 g/mol. The molecule has 1 aromatic rings. The van der Waals surface area contributed by atoms with Gasteiger partial charge in [0.1, 0.15) is 6.61 Å². The number of hydrogen-bond acceptors (Lipinski definition) is 6. The quantitative estimate of drug-likeness (QED) is 0.353. The lowest BCUT2D eigenvalue weighted by Gasteiger charge is -2.11. The maximum atomic E-state index is 13.9. The topological polar surface area (TPSA) is 59.9 Å². The largest absolute Gasteiger partial charge is 0.482 e. The molecule has 0 aliphatic rings. The number of thioether (sulfide) groups is 1. The summed E-state index contributed by atoms with van der Waals surface area (Å²) >= 11 is 1.40. The number of likely N-dealkylation sites (N-methyl/N-ethyl adjacent to an activating group) is 1. The number of aldehydes is 1. The Bertz CT molecular complexity index is 583. The van der Waals surface area contributed by atoms with Crippen molar-refractivity contribution in [2.45, 2.75) is 0 Å². The Morgan fingerprint density at radius 2 is 2.21 bits per heavy atom. The van der Waals surface area contributed by atoms with Crippen molar-refractivity contribution in [3.8, 4) is 5.75 Å². The molecule has 5 nitrogen and oxygen atoms in total. The monoisotopic (exact) mass is 358 g/mol. The van der Waals surface area contributed by atoms with E-state index in [2.05, 4.69) is 17.0 Å². The van der Waals surface area contributed by atoms with Crippen molar-refractivity contribution < 1.29 is 23.0 Å². The predicted octanol–water partition coefficient (Wildman–Crippen LogP) is 2.51. The normalized spacial score (nSPS) is 11.4. The fourth-order valence-corrected chi connectivity index (χ4v) is 2.39. The van der Waals surface area contributed by atoms with Crippen molar-refractivity contribution in [2.24, 2.45) is 4.99 Å². The van der Waals surface area contributed by atoms with Gasteiger partial charge < -0.3 is 14.8 Å². The highest BCUT2D eigenvalue weighted by molar-refractivity contribution is 8.02. The van der Waals surface area contributed by atoms with Crippen molar-refractivity contribution in [3.63, 3.8) is 0 Å². The number of nitrogens with one attached hydrogen (secondary N) is 1. The Kier molecular flexibility index (Phi) is 9.90. The molecule has 0 saturated heterocycles. The molecule has 1 N–H and O–H groups in total. The van der Waals surface area contributed by atoms with Crippen LogP contribution in [0.15, 0.2) is 22.5 Å². The predicted molar refractivity (Wildman–Crippen MR) is 92.6 cm³/mol. The minimum atomic E-state index is -1.16. The lowest BCUT2D eigenvalue weighted by molar-refractivity contribution is -0.109. The summed E-state index contributed by atoms with van der Waals surface area (Å²) in [5.41, 5.74) is 0.560. The number of carbonyl (C=O) groups excluding carboxylic acids is 1. The van der Waals surface area contributed by atoms with Crippen LogP contribution >= 0.6 is 11.8 Å². The van der Waals surface area contributed by atoms with Gasteiger partial charge in [0.05, 0.1) is 18.9 Å². The van der Waals surface area contributed by atoms with E-state index in [1.807, 2.05) is 7.05 Å². The molecule has 0 aromatic heterocycles. The summed E-state index contributed by atoms with van der Waals surface area (Å²) in [5.74, 6) is -1.92. The van der Waals surface area contributed by atoms with E-state index in [1.54, 1.807) is 5.41 Å². The molecule has 8 heteroatoms. The van der Waals surface area contributed by atoms with Crippen molar-refractivity contribution in [1.29, 1.82) is 0 Å². The van der Waals surface area contributed by atoms with Crippen LogP contribution in [0.25, 0.3) is 5.70 Å². The van der Waals surface area contributed by atoms with Gasteiger partial charge in [-0.05, 0) is 31.3 Å². The number of hydrogen-bond donors (Lipinski definition) is 1. The van der Waals surface area contributed by atoms with E-state index in [0.717, 1.165) is 12.6 Å². The SMILES string of the molecule is C=N/C(=C\SCCOCCNC)c1ccc(F)c(F)c1OCC=O. The fourth-order valence-electron chi connectivity index (χ4n) is 1.70. The zero-order valence-electron chi connectivity index (χ0n) is 13.4. The summed E-state index contributed by atoms with van der Waals surface area (Å²) in [7, 11) is 1.84. The van der Waals surface area contributed by atoms with Gasteiger partial charge in [-0.2, -0.15) is 4.39 Å². The Labute approximate surface area is 144 Å². The third-order valence-corrected chi connectivity index (χ3v) is 3.62. The molecule has 0 unspecified atom stereocenters. The molecule has 0 fully saturated rings. The molecule has 1 aromatic carbocycles. The number of rotatable bonds is 12. The molecule has 1 rings (SSSR count). The average Bonchev–Trinajstić information content (AvgIpc) is 2.59. The van der Waals surface area contributed by atoms with Gasteiger partial charge in [0.15, 0.2) is 17.9 Å². The van der Waals surface area contributed by atoms with Crippen molar-refractivity contribution in [1.82, 2.24) is 5.32 Å². The molecule has 132 valence electrons. The summed E-state index contributed by atoms with van der Waals surface area (Å²) < 4.78 is 37.7. The summed E-state index contributed by atoms with van der Waals surface area (Å²) in [6.45, 7) is 4.98. The second-order valence-electron chi connectivity index (χ2n) is 4.46. The number of ether oxygens (including phenoxy) is 2. The summed E-state index contributed by atoms with van der Waals surface area (Å²) in [6.07, 6.45) is 0.454. The maximum absolute atomic E-state index is 13.9. The van der Waals surface area contributed by atoms with Crippen LogP contribution < -0.4 is 10.1 Å². The number of benzene rings is 1. The second kappa shape index (κ2) is 11.7. The highest BCUT2D eigenvalue weighted by Crippen LogP contribution is 2.32. The summed E-state index contributed by atoms with van der Waals surface area (Å²) in [4.78, 5) is 14.3. The third kappa shape index (κ3) is 6.38. The first-order chi connectivity index (χ1) is 11.7. The highest BCUT2D eigenvalue weighted by Gasteiger charge is 2.17. The second-order valence-corrected chi connectivity index (χ2v) is 5.44. The van der Waals surface area contributed by atoms with Crippen LogP contribution in [0.2, 0.25) is 0 Å². The summed E-state index contributed by atoms with van der Waals surface area (Å²) in [6, 6.07) is 2.31. The standard InChI is InChI=1S/C16H20F2N2O3S/c1-19-5-7-22-9-10-24-11-14(20-2)12-3-4-13(17)15(18)16(12)23-8-6-21/h3-4,6,11,19H,2,5,7-10H2,1H3/b14-11-. The third-order valence-electron chi connectivity index (χ3n) is 2.83. The zero-order valence-corrected chi connectivity index (χ0v) is 14.2. The number of carbonyl (C=O) groups is 1. The van der Waals surface area contributed by atoms with Crippen LogP contribution in [0.5, 0.6) is 5.75 Å². The molecule has 0 aliphatic carbocycles. The van der Waals surface area contributed by atoms with Crippen LogP contribution in [0.3, 0.4) is 0 Å². The molecule has 0 radical (unpaired) electrons. The van der Waals surface area contributed by atoms with Gasteiger partial charge in [-0.25, -0.2) is 4.39 Å². The minimum Gasteiger partial charge on any atom is -0.482 e. The van der Waals surface area contributed by atoms with E-state index in [9.17, 15) is 13.6 Å². The van der Waals surface area contributed by atoms with Gasteiger partial charge in [0, 0.05) is 17.9 Å². The Morgan fingerprint density at radius 1 is 1.42 bits per heavy atom. The van der Waals surface area contributed by atoms with E-state index in [4.69, 9.17) is 9.47 Å². The molecule has 0 amide bonds. The van der Waals surface area contributed by atoms with Gasteiger partial charge in [-0.15, -0.1) is 11.8 Å². The van der Waals surface area contributed by atoms with Crippen molar-refractivity contribution >= 4 is 30.5 Å². The number of halogens is 2.